The van der Waals surface area contributed by atoms with E-state index in [2.05, 4.69) is 20.9 Å². The molecule has 0 saturated carbocycles. The van der Waals surface area contributed by atoms with Crippen molar-refractivity contribution in [3.63, 3.8) is 0 Å². The summed E-state index contributed by atoms with van der Waals surface area (Å²) in [5, 5.41) is 1.03. The third-order valence-corrected chi connectivity index (χ3v) is 2.60. The van der Waals surface area contributed by atoms with E-state index in [1.165, 1.54) is 0 Å². The molecule has 2 aromatic heterocycles. The molecule has 4 heteroatoms. The monoisotopic (exact) mass is 240 g/mol. The summed E-state index contributed by atoms with van der Waals surface area (Å²) in [6, 6.07) is 1.99. The van der Waals surface area contributed by atoms with Crippen molar-refractivity contribution in [2.45, 2.75) is 0 Å². The van der Waals surface area contributed by atoms with Gasteiger partial charge in [-0.15, -0.1) is 0 Å². The van der Waals surface area contributed by atoms with Crippen molar-refractivity contribution in [2.24, 2.45) is 7.05 Å². The number of fused-ring (bicyclic) bond motifs is 1. The number of halogens is 1. The molecule has 0 aromatic carbocycles. The minimum atomic E-state index is 0.666. The molecule has 13 heavy (non-hydrogen) atoms. The predicted molar refractivity (Wildman–Crippen MR) is 55.0 cm³/mol. The van der Waals surface area contributed by atoms with Crippen molar-refractivity contribution in [1.29, 1.82) is 0 Å². The Morgan fingerprint density at radius 3 is 3.00 bits per heavy atom. The van der Waals surface area contributed by atoms with Gasteiger partial charge in [-0.3, -0.25) is 0 Å². The first-order chi connectivity index (χ1) is 6.24. The zero-order valence-corrected chi connectivity index (χ0v) is 9.00. The summed E-state index contributed by atoms with van der Waals surface area (Å²) in [6.07, 6.45) is 3.74. The second-order valence-corrected chi connectivity index (χ2v) is 3.66. The van der Waals surface area contributed by atoms with E-state index in [1.807, 2.05) is 23.9 Å². The van der Waals surface area contributed by atoms with Crippen LogP contribution in [0, 0.1) is 0 Å². The predicted octanol–water partition coefficient (Wildman–Crippen LogP) is 2.34. The number of pyridine rings is 1. The molecular weight excluding hydrogens is 232 g/mol. The molecule has 0 aliphatic carbocycles. The van der Waals surface area contributed by atoms with Gasteiger partial charge in [0.05, 0.1) is 22.5 Å². The van der Waals surface area contributed by atoms with Crippen LogP contribution < -0.4 is 4.74 Å². The molecule has 0 amide bonds. The van der Waals surface area contributed by atoms with E-state index in [4.69, 9.17) is 4.74 Å². The normalized spacial score (nSPS) is 10.7. The maximum atomic E-state index is 5.15. The van der Waals surface area contributed by atoms with Crippen LogP contribution in [0.5, 0.6) is 5.88 Å². The van der Waals surface area contributed by atoms with Crippen LogP contribution >= 0.6 is 15.9 Å². The van der Waals surface area contributed by atoms with Crippen LogP contribution in [0.1, 0.15) is 0 Å². The number of methoxy groups -OCH3 is 1. The maximum absolute atomic E-state index is 5.15. The molecule has 2 rings (SSSR count). The first kappa shape index (κ1) is 8.56. The van der Waals surface area contributed by atoms with Crippen LogP contribution in [-0.2, 0) is 7.05 Å². The van der Waals surface area contributed by atoms with E-state index in [9.17, 15) is 0 Å². The quantitative estimate of drug-likeness (QED) is 0.766. The Morgan fingerprint density at radius 2 is 2.31 bits per heavy atom. The van der Waals surface area contributed by atoms with Gasteiger partial charge >= 0.3 is 0 Å². The second kappa shape index (κ2) is 3.03. The molecule has 0 radical (unpaired) electrons. The highest BCUT2D eigenvalue weighted by atomic mass is 79.9. The maximum Gasteiger partial charge on any atom is 0.222 e. The fourth-order valence-electron chi connectivity index (χ4n) is 1.41. The molecule has 0 spiro atoms. The molecule has 0 unspecified atom stereocenters. The van der Waals surface area contributed by atoms with Gasteiger partial charge in [0.2, 0.25) is 5.88 Å². The average Bonchev–Trinajstić information content (AvgIpc) is 2.50. The van der Waals surface area contributed by atoms with E-state index < -0.39 is 0 Å². The van der Waals surface area contributed by atoms with Gasteiger partial charge in [-0.1, -0.05) is 0 Å². The van der Waals surface area contributed by atoms with Crippen molar-refractivity contribution in [3.8, 4) is 5.88 Å². The van der Waals surface area contributed by atoms with Crippen molar-refractivity contribution in [2.75, 3.05) is 7.11 Å². The summed E-state index contributed by atoms with van der Waals surface area (Å²) < 4.78 is 8.16. The van der Waals surface area contributed by atoms with Gasteiger partial charge in [0.15, 0.2) is 0 Å². The van der Waals surface area contributed by atoms with Gasteiger partial charge in [0, 0.05) is 19.4 Å². The van der Waals surface area contributed by atoms with Crippen LogP contribution in [0.2, 0.25) is 0 Å². The largest absolute Gasteiger partial charge is 0.481 e. The van der Waals surface area contributed by atoms with Gasteiger partial charge in [-0.05, 0) is 22.0 Å². The summed E-state index contributed by atoms with van der Waals surface area (Å²) in [4.78, 5) is 4.16. The van der Waals surface area contributed by atoms with Gasteiger partial charge in [-0.25, -0.2) is 4.98 Å². The highest BCUT2D eigenvalue weighted by Gasteiger charge is 2.08. The van der Waals surface area contributed by atoms with Gasteiger partial charge in [0.25, 0.3) is 0 Å². The molecule has 2 aromatic rings. The highest BCUT2D eigenvalue weighted by molar-refractivity contribution is 9.10. The fourth-order valence-corrected chi connectivity index (χ4v) is 2.00. The smallest absolute Gasteiger partial charge is 0.222 e. The van der Waals surface area contributed by atoms with Gasteiger partial charge < -0.3 is 9.30 Å². The molecule has 0 bridgehead atoms. The van der Waals surface area contributed by atoms with Crippen molar-refractivity contribution in [3.05, 3.63) is 22.9 Å². The van der Waals surface area contributed by atoms with Crippen LogP contribution in [-0.4, -0.2) is 16.7 Å². The summed E-state index contributed by atoms with van der Waals surface area (Å²) in [6.45, 7) is 0. The molecular formula is C9H9BrN2O. The number of aryl methyl sites for hydroxylation is 1. The number of aromatic nitrogens is 2. The highest BCUT2D eigenvalue weighted by Crippen LogP contribution is 2.29. The van der Waals surface area contributed by atoms with E-state index in [1.54, 1.807) is 13.3 Å². The van der Waals surface area contributed by atoms with E-state index in [0.717, 1.165) is 15.4 Å². The molecule has 2 heterocycles. The van der Waals surface area contributed by atoms with Crippen LogP contribution in [0.25, 0.3) is 10.9 Å². The Kier molecular flexibility index (Phi) is 2.00. The second-order valence-electron chi connectivity index (χ2n) is 2.80. The molecule has 68 valence electrons. The van der Waals surface area contributed by atoms with Crippen molar-refractivity contribution >= 4 is 26.8 Å². The summed E-state index contributed by atoms with van der Waals surface area (Å²) in [7, 11) is 3.62. The summed E-state index contributed by atoms with van der Waals surface area (Å²) in [5.41, 5.74) is 1.10. The summed E-state index contributed by atoms with van der Waals surface area (Å²) >= 11 is 3.45. The molecule has 0 fully saturated rings. The molecule has 0 aliphatic heterocycles. The lowest BCUT2D eigenvalue weighted by molar-refractivity contribution is 0.403. The Morgan fingerprint density at radius 1 is 1.54 bits per heavy atom. The Balaban J connectivity index is 2.87. The van der Waals surface area contributed by atoms with Gasteiger partial charge in [-0.2, -0.15) is 0 Å². The number of ether oxygens (including phenoxy) is 1. The topological polar surface area (TPSA) is 27.1 Å². The third kappa shape index (κ3) is 1.21. The first-order valence-electron chi connectivity index (χ1n) is 3.87. The zero-order chi connectivity index (χ0) is 9.42. The van der Waals surface area contributed by atoms with E-state index in [0.29, 0.717) is 5.88 Å². The van der Waals surface area contributed by atoms with Crippen LogP contribution in [0.4, 0.5) is 0 Å². The van der Waals surface area contributed by atoms with Crippen LogP contribution in [0.15, 0.2) is 22.9 Å². The van der Waals surface area contributed by atoms with Crippen molar-refractivity contribution < 1.29 is 4.74 Å². The minimum Gasteiger partial charge on any atom is -0.481 e. The van der Waals surface area contributed by atoms with Gasteiger partial charge in [0.1, 0.15) is 0 Å². The number of hydrogen-bond donors (Lipinski definition) is 0. The number of nitrogens with zero attached hydrogens (tertiary/aromatic N) is 2. The SMILES string of the molecule is COc1ncc(Br)c2c1ccn2C. The molecule has 0 saturated heterocycles. The number of hydrogen-bond acceptors (Lipinski definition) is 2. The number of rotatable bonds is 1. The average molecular weight is 241 g/mol. The fraction of sp³-hybridized carbons (Fsp3) is 0.222. The third-order valence-electron chi connectivity index (χ3n) is 2.02. The lowest BCUT2D eigenvalue weighted by atomic mass is 10.3. The minimum absolute atomic E-state index is 0.666. The Labute approximate surface area is 84.5 Å². The molecule has 3 nitrogen and oxygen atoms in total. The Hall–Kier alpha value is -1.03. The zero-order valence-electron chi connectivity index (χ0n) is 7.41. The van der Waals surface area contributed by atoms with E-state index in [-0.39, 0.29) is 0 Å². The lowest BCUT2D eigenvalue weighted by Gasteiger charge is -2.03. The molecule has 0 atom stereocenters. The van der Waals surface area contributed by atoms with Crippen LogP contribution in [0.3, 0.4) is 0 Å². The Bertz CT molecular complexity index is 450. The van der Waals surface area contributed by atoms with Crippen molar-refractivity contribution in [1.82, 2.24) is 9.55 Å². The summed E-state index contributed by atoms with van der Waals surface area (Å²) in [5.74, 6) is 0.666. The molecule has 0 aliphatic rings. The molecule has 0 N–H and O–H groups in total. The van der Waals surface area contributed by atoms with E-state index >= 15 is 0 Å². The lowest BCUT2D eigenvalue weighted by Crippen LogP contribution is -1.90. The first-order valence-corrected chi connectivity index (χ1v) is 4.67. The standard InChI is InChI=1S/C9H9BrN2O/c1-12-4-3-6-8(12)7(10)5-11-9(6)13-2/h3-5H,1-2H3.